The summed E-state index contributed by atoms with van der Waals surface area (Å²) in [5.74, 6) is -0.102. The van der Waals surface area contributed by atoms with Gasteiger partial charge < -0.3 is 5.73 Å². The molecule has 1 aromatic carbocycles. The molecule has 18 heavy (non-hydrogen) atoms. The second-order valence-electron chi connectivity index (χ2n) is 5.85. The molecule has 0 bridgehead atoms. The Labute approximate surface area is 107 Å². The monoisotopic (exact) mass is 253 g/mol. The third kappa shape index (κ3) is 2.72. The van der Waals surface area contributed by atoms with Gasteiger partial charge in [0.15, 0.2) is 0 Å². The molecule has 0 aliphatic heterocycles. The van der Waals surface area contributed by atoms with Gasteiger partial charge in [-0.1, -0.05) is 26.7 Å². The summed E-state index contributed by atoms with van der Waals surface area (Å²) in [6.07, 6.45) is 3.77. The Hall–Kier alpha value is -0.960. The highest BCUT2D eigenvalue weighted by Gasteiger charge is 2.38. The van der Waals surface area contributed by atoms with Crippen LogP contribution in [0.25, 0.3) is 0 Å². The Morgan fingerprint density at radius 2 is 1.83 bits per heavy atom. The Morgan fingerprint density at radius 1 is 1.22 bits per heavy atom. The molecular formula is C15H21F2N. The molecule has 1 fully saturated rings. The van der Waals surface area contributed by atoms with E-state index in [4.69, 9.17) is 5.73 Å². The number of nitrogens with two attached hydrogens (primary N) is 1. The molecule has 0 amide bonds. The van der Waals surface area contributed by atoms with E-state index in [1.54, 1.807) is 0 Å². The van der Waals surface area contributed by atoms with Crippen molar-refractivity contribution >= 4 is 0 Å². The third-order valence-corrected chi connectivity index (χ3v) is 4.52. The summed E-state index contributed by atoms with van der Waals surface area (Å²) in [6.45, 7) is 4.36. The van der Waals surface area contributed by atoms with Crippen molar-refractivity contribution in [1.29, 1.82) is 0 Å². The fourth-order valence-electron chi connectivity index (χ4n) is 3.14. The van der Waals surface area contributed by atoms with Gasteiger partial charge in [0.2, 0.25) is 0 Å². The Kier molecular flexibility index (Phi) is 3.71. The molecule has 0 aromatic heterocycles. The first-order chi connectivity index (χ1) is 8.40. The molecule has 1 aromatic rings. The summed E-state index contributed by atoms with van der Waals surface area (Å²) in [5, 5.41) is 0. The molecule has 100 valence electrons. The average molecular weight is 253 g/mol. The van der Waals surface area contributed by atoms with Crippen LogP contribution in [-0.4, -0.2) is 5.54 Å². The summed E-state index contributed by atoms with van der Waals surface area (Å²) in [4.78, 5) is 0. The normalized spacial score (nSPS) is 32.5. The minimum absolute atomic E-state index is 0.335. The topological polar surface area (TPSA) is 26.0 Å². The summed E-state index contributed by atoms with van der Waals surface area (Å²) in [6, 6.07) is 3.69. The van der Waals surface area contributed by atoms with Gasteiger partial charge in [-0.25, -0.2) is 8.78 Å². The van der Waals surface area contributed by atoms with Crippen LogP contribution in [0.4, 0.5) is 8.78 Å². The van der Waals surface area contributed by atoms with E-state index in [1.807, 2.05) is 0 Å². The first kappa shape index (κ1) is 13.5. The SMILES string of the molecule is CC1CCCC(N)(Cc2cc(F)cc(F)c2)C1C. The van der Waals surface area contributed by atoms with Crippen molar-refractivity contribution in [1.82, 2.24) is 0 Å². The zero-order chi connectivity index (χ0) is 13.3. The maximum atomic E-state index is 13.2. The lowest BCUT2D eigenvalue weighted by Crippen LogP contribution is -2.52. The Bertz CT molecular complexity index is 412. The molecule has 3 unspecified atom stereocenters. The fourth-order valence-corrected chi connectivity index (χ4v) is 3.14. The molecular weight excluding hydrogens is 232 g/mol. The van der Waals surface area contributed by atoms with Gasteiger partial charge in [0, 0.05) is 11.6 Å². The number of hydrogen-bond acceptors (Lipinski definition) is 1. The maximum Gasteiger partial charge on any atom is 0.126 e. The predicted molar refractivity (Wildman–Crippen MR) is 69.2 cm³/mol. The quantitative estimate of drug-likeness (QED) is 0.855. The largest absolute Gasteiger partial charge is 0.325 e. The minimum Gasteiger partial charge on any atom is -0.325 e. The lowest BCUT2D eigenvalue weighted by molar-refractivity contribution is 0.143. The minimum atomic E-state index is -0.523. The number of halogens is 2. The predicted octanol–water partition coefficient (Wildman–Crippen LogP) is 3.66. The molecule has 1 saturated carbocycles. The van der Waals surface area contributed by atoms with Crippen molar-refractivity contribution < 1.29 is 8.78 Å². The standard InChI is InChI=1S/C15H21F2N/c1-10-4-3-5-15(18,11(10)2)9-12-6-13(16)8-14(17)7-12/h6-8,10-11H,3-5,9,18H2,1-2H3. The summed E-state index contributed by atoms with van der Waals surface area (Å²) in [7, 11) is 0. The van der Waals surface area contributed by atoms with Gasteiger partial charge >= 0.3 is 0 Å². The van der Waals surface area contributed by atoms with E-state index in [-0.39, 0.29) is 5.54 Å². The molecule has 2 N–H and O–H groups in total. The summed E-state index contributed by atoms with van der Waals surface area (Å²) < 4.78 is 26.4. The van der Waals surface area contributed by atoms with Gasteiger partial charge in [-0.2, -0.15) is 0 Å². The van der Waals surface area contributed by atoms with E-state index in [0.717, 1.165) is 18.9 Å². The van der Waals surface area contributed by atoms with Gasteiger partial charge in [-0.15, -0.1) is 0 Å². The van der Waals surface area contributed by atoms with Crippen LogP contribution in [0.15, 0.2) is 18.2 Å². The van der Waals surface area contributed by atoms with Crippen LogP contribution >= 0.6 is 0 Å². The fraction of sp³-hybridized carbons (Fsp3) is 0.600. The van der Waals surface area contributed by atoms with E-state index in [9.17, 15) is 8.78 Å². The van der Waals surface area contributed by atoms with E-state index < -0.39 is 11.6 Å². The van der Waals surface area contributed by atoms with Crippen LogP contribution in [0.2, 0.25) is 0 Å². The molecule has 0 radical (unpaired) electrons. The molecule has 3 atom stereocenters. The van der Waals surface area contributed by atoms with Crippen molar-refractivity contribution in [2.45, 2.75) is 45.1 Å². The van der Waals surface area contributed by atoms with Gasteiger partial charge in [-0.05, 0) is 42.4 Å². The van der Waals surface area contributed by atoms with E-state index >= 15 is 0 Å². The molecule has 0 spiro atoms. The van der Waals surface area contributed by atoms with E-state index in [2.05, 4.69) is 13.8 Å². The first-order valence-corrected chi connectivity index (χ1v) is 6.64. The van der Waals surface area contributed by atoms with Gasteiger partial charge in [-0.3, -0.25) is 0 Å². The van der Waals surface area contributed by atoms with Crippen molar-refractivity contribution in [3.63, 3.8) is 0 Å². The lowest BCUT2D eigenvalue weighted by atomic mass is 9.66. The second kappa shape index (κ2) is 4.96. The highest BCUT2D eigenvalue weighted by molar-refractivity contribution is 5.21. The smallest absolute Gasteiger partial charge is 0.126 e. The average Bonchev–Trinajstić information content (AvgIpc) is 2.24. The molecule has 3 heteroatoms. The van der Waals surface area contributed by atoms with Crippen LogP contribution < -0.4 is 5.73 Å². The number of benzene rings is 1. The molecule has 1 nitrogen and oxygen atoms in total. The van der Waals surface area contributed by atoms with Crippen LogP contribution in [-0.2, 0) is 6.42 Å². The van der Waals surface area contributed by atoms with Crippen molar-refractivity contribution in [3.05, 3.63) is 35.4 Å². The van der Waals surface area contributed by atoms with Crippen molar-refractivity contribution in [2.24, 2.45) is 17.6 Å². The first-order valence-electron chi connectivity index (χ1n) is 6.64. The Morgan fingerprint density at radius 3 is 2.44 bits per heavy atom. The van der Waals surface area contributed by atoms with E-state index in [1.165, 1.54) is 18.6 Å². The highest BCUT2D eigenvalue weighted by atomic mass is 19.1. The van der Waals surface area contributed by atoms with Crippen LogP contribution in [0.5, 0.6) is 0 Å². The van der Waals surface area contributed by atoms with Crippen LogP contribution in [0.1, 0.15) is 38.7 Å². The van der Waals surface area contributed by atoms with Crippen molar-refractivity contribution in [2.75, 3.05) is 0 Å². The Balaban J connectivity index is 2.21. The zero-order valence-corrected chi connectivity index (χ0v) is 11.0. The molecule has 0 heterocycles. The number of rotatable bonds is 2. The molecule has 2 rings (SSSR count). The lowest BCUT2D eigenvalue weighted by Gasteiger charge is -2.43. The highest BCUT2D eigenvalue weighted by Crippen LogP contribution is 2.38. The zero-order valence-electron chi connectivity index (χ0n) is 11.0. The molecule has 0 saturated heterocycles. The third-order valence-electron chi connectivity index (χ3n) is 4.52. The van der Waals surface area contributed by atoms with Gasteiger partial charge in [0.25, 0.3) is 0 Å². The molecule has 1 aliphatic carbocycles. The second-order valence-corrected chi connectivity index (χ2v) is 5.85. The number of hydrogen-bond donors (Lipinski definition) is 1. The van der Waals surface area contributed by atoms with Crippen molar-refractivity contribution in [3.8, 4) is 0 Å². The summed E-state index contributed by atoms with van der Waals surface area (Å²) >= 11 is 0. The van der Waals surface area contributed by atoms with E-state index in [0.29, 0.717) is 23.8 Å². The summed E-state index contributed by atoms with van der Waals surface area (Å²) in [5.41, 5.74) is 6.81. The molecule has 1 aliphatic rings. The van der Waals surface area contributed by atoms with Crippen LogP contribution in [0, 0.1) is 23.5 Å². The van der Waals surface area contributed by atoms with Gasteiger partial charge in [0.1, 0.15) is 11.6 Å². The van der Waals surface area contributed by atoms with Crippen LogP contribution in [0.3, 0.4) is 0 Å². The van der Waals surface area contributed by atoms with Gasteiger partial charge in [0.05, 0.1) is 0 Å². The maximum absolute atomic E-state index is 13.2.